The molecule has 1 heterocycles. The molecule has 0 amide bonds. The van der Waals surface area contributed by atoms with Gasteiger partial charge in [-0.1, -0.05) is 20.8 Å². The molecule has 102 valence electrons. The molecule has 1 rings (SSSR count). The van der Waals surface area contributed by atoms with Crippen molar-refractivity contribution in [2.75, 3.05) is 18.1 Å². The molecule has 0 aromatic heterocycles. The van der Waals surface area contributed by atoms with E-state index in [4.69, 9.17) is 5.73 Å². The quantitative estimate of drug-likeness (QED) is 0.802. The van der Waals surface area contributed by atoms with E-state index in [1.807, 2.05) is 13.8 Å². The predicted molar refractivity (Wildman–Crippen MR) is 71.7 cm³/mol. The van der Waals surface area contributed by atoms with Crippen LogP contribution in [-0.4, -0.2) is 49.5 Å². The van der Waals surface area contributed by atoms with Gasteiger partial charge in [-0.05, 0) is 19.3 Å². The number of hydrogen-bond donors (Lipinski definition) is 1. The van der Waals surface area contributed by atoms with E-state index in [0.29, 0.717) is 6.54 Å². The van der Waals surface area contributed by atoms with Crippen LogP contribution in [0.25, 0.3) is 0 Å². The van der Waals surface area contributed by atoms with Crippen LogP contribution in [-0.2, 0) is 9.84 Å². The minimum atomic E-state index is -2.85. The van der Waals surface area contributed by atoms with Crippen LogP contribution in [0.5, 0.6) is 0 Å². The number of sulfone groups is 1. The fourth-order valence-electron chi connectivity index (χ4n) is 3.01. The standard InChI is InChI=1S/C12H26N2O2S/c1-9-8-17(15,16)7-6-14(9)11(10(2)13)12(3,4)5/h9-11H,6-8,13H2,1-5H3. The van der Waals surface area contributed by atoms with Gasteiger partial charge in [0.1, 0.15) is 0 Å². The predicted octanol–water partition coefficient (Wildman–Crippen LogP) is 0.867. The third-order valence-corrected chi connectivity index (χ3v) is 5.26. The maximum atomic E-state index is 11.6. The molecule has 4 nitrogen and oxygen atoms in total. The number of nitrogens with zero attached hydrogens (tertiary/aromatic N) is 1. The minimum absolute atomic E-state index is 0.0401. The fourth-order valence-corrected chi connectivity index (χ4v) is 4.59. The van der Waals surface area contributed by atoms with Gasteiger partial charge in [0.05, 0.1) is 11.5 Å². The van der Waals surface area contributed by atoms with Crippen molar-refractivity contribution in [1.82, 2.24) is 4.90 Å². The molecule has 1 aliphatic heterocycles. The van der Waals surface area contributed by atoms with E-state index >= 15 is 0 Å². The van der Waals surface area contributed by atoms with Gasteiger partial charge in [-0.3, -0.25) is 4.90 Å². The Morgan fingerprint density at radius 1 is 1.35 bits per heavy atom. The lowest BCUT2D eigenvalue weighted by atomic mass is 9.81. The largest absolute Gasteiger partial charge is 0.327 e. The lowest BCUT2D eigenvalue weighted by Crippen LogP contribution is -2.60. The van der Waals surface area contributed by atoms with Crippen LogP contribution in [0.15, 0.2) is 0 Å². The molecule has 0 aromatic carbocycles. The van der Waals surface area contributed by atoms with Gasteiger partial charge in [-0.2, -0.15) is 0 Å². The van der Waals surface area contributed by atoms with E-state index in [9.17, 15) is 8.42 Å². The molecule has 17 heavy (non-hydrogen) atoms. The Balaban J connectivity index is 2.91. The zero-order valence-corrected chi connectivity index (χ0v) is 12.4. The van der Waals surface area contributed by atoms with Gasteiger partial charge in [0.15, 0.2) is 9.84 Å². The van der Waals surface area contributed by atoms with Crippen LogP contribution in [0, 0.1) is 5.41 Å². The highest BCUT2D eigenvalue weighted by molar-refractivity contribution is 7.91. The minimum Gasteiger partial charge on any atom is -0.327 e. The first-order chi connectivity index (χ1) is 7.54. The van der Waals surface area contributed by atoms with Crippen molar-refractivity contribution in [3.8, 4) is 0 Å². The molecule has 1 aliphatic rings. The molecule has 2 N–H and O–H groups in total. The van der Waals surface area contributed by atoms with Crippen molar-refractivity contribution >= 4 is 9.84 Å². The van der Waals surface area contributed by atoms with E-state index in [0.717, 1.165) is 0 Å². The van der Waals surface area contributed by atoms with Crippen molar-refractivity contribution in [2.45, 2.75) is 52.7 Å². The van der Waals surface area contributed by atoms with E-state index in [1.165, 1.54) is 0 Å². The molecule has 3 atom stereocenters. The highest BCUT2D eigenvalue weighted by Gasteiger charge is 2.39. The first-order valence-corrected chi connectivity index (χ1v) is 8.08. The lowest BCUT2D eigenvalue weighted by Gasteiger charge is -2.47. The summed E-state index contributed by atoms with van der Waals surface area (Å²) in [5.74, 6) is 0.517. The van der Waals surface area contributed by atoms with Crippen LogP contribution in [0.3, 0.4) is 0 Å². The third kappa shape index (κ3) is 3.66. The van der Waals surface area contributed by atoms with Crippen LogP contribution in [0.2, 0.25) is 0 Å². The Morgan fingerprint density at radius 2 is 1.88 bits per heavy atom. The van der Waals surface area contributed by atoms with Gasteiger partial charge in [0.25, 0.3) is 0 Å². The van der Waals surface area contributed by atoms with E-state index in [-0.39, 0.29) is 35.0 Å². The van der Waals surface area contributed by atoms with Gasteiger partial charge in [0, 0.05) is 24.7 Å². The van der Waals surface area contributed by atoms with Crippen LogP contribution >= 0.6 is 0 Å². The number of rotatable bonds is 2. The molecule has 0 saturated carbocycles. The average Bonchev–Trinajstić information content (AvgIpc) is 2.05. The van der Waals surface area contributed by atoms with Crippen molar-refractivity contribution in [3.63, 3.8) is 0 Å². The summed E-state index contributed by atoms with van der Waals surface area (Å²) >= 11 is 0. The second-order valence-electron chi connectivity index (χ2n) is 6.37. The molecule has 3 unspecified atom stereocenters. The highest BCUT2D eigenvalue weighted by atomic mass is 32.2. The summed E-state index contributed by atoms with van der Waals surface area (Å²) in [5, 5.41) is 0. The molecule has 5 heteroatoms. The molecule has 1 fully saturated rings. The Labute approximate surface area is 105 Å². The Kier molecular flexibility index (Phi) is 4.27. The Hall–Kier alpha value is -0.130. The van der Waals surface area contributed by atoms with E-state index in [1.54, 1.807) is 0 Å². The van der Waals surface area contributed by atoms with Gasteiger partial charge in [0.2, 0.25) is 0 Å². The summed E-state index contributed by atoms with van der Waals surface area (Å²) in [5.41, 5.74) is 6.15. The average molecular weight is 262 g/mol. The highest BCUT2D eigenvalue weighted by Crippen LogP contribution is 2.29. The van der Waals surface area contributed by atoms with Crippen LogP contribution < -0.4 is 5.73 Å². The Bertz CT molecular complexity index is 357. The fraction of sp³-hybridized carbons (Fsp3) is 1.00. The van der Waals surface area contributed by atoms with Crippen molar-refractivity contribution in [3.05, 3.63) is 0 Å². The maximum Gasteiger partial charge on any atom is 0.153 e. The van der Waals surface area contributed by atoms with Crippen LogP contribution in [0.1, 0.15) is 34.6 Å². The lowest BCUT2D eigenvalue weighted by molar-refractivity contribution is 0.0584. The molecule has 0 radical (unpaired) electrons. The van der Waals surface area contributed by atoms with Crippen molar-refractivity contribution in [1.29, 1.82) is 0 Å². The molecule has 1 saturated heterocycles. The summed E-state index contributed by atoms with van der Waals surface area (Å²) in [6.45, 7) is 11.1. The molecule has 0 bridgehead atoms. The zero-order valence-electron chi connectivity index (χ0n) is 11.6. The van der Waals surface area contributed by atoms with Crippen LogP contribution in [0.4, 0.5) is 0 Å². The molecular weight excluding hydrogens is 236 g/mol. The summed E-state index contributed by atoms with van der Waals surface area (Å²) in [4.78, 5) is 2.27. The summed E-state index contributed by atoms with van der Waals surface area (Å²) in [6, 6.07) is 0.315. The second kappa shape index (κ2) is 4.86. The first-order valence-electron chi connectivity index (χ1n) is 6.26. The smallest absolute Gasteiger partial charge is 0.153 e. The summed E-state index contributed by atoms with van der Waals surface area (Å²) in [7, 11) is -2.85. The summed E-state index contributed by atoms with van der Waals surface area (Å²) < 4.78 is 23.2. The first kappa shape index (κ1) is 14.9. The monoisotopic (exact) mass is 262 g/mol. The van der Waals surface area contributed by atoms with Gasteiger partial charge in [-0.15, -0.1) is 0 Å². The van der Waals surface area contributed by atoms with Gasteiger partial charge < -0.3 is 5.73 Å². The molecular formula is C12H26N2O2S. The van der Waals surface area contributed by atoms with Crippen molar-refractivity contribution in [2.24, 2.45) is 11.1 Å². The normalized spacial score (nSPS) is 29.9. The van der Waals surface area contributed by atoms with Gasteiger partial charge >= 0.3 is 0 Å². The SMILES string of the molecule is CC(N)C(N1CCS(=O)(=O)CC1C)C(C)(C)C. The second-order valence-corrected chi connectivity index (χ2v) is 8.60. The summed E-state index contributed by atoms with van der Waals surface area (Å²) in [6.07, 6.45) is 0. The molecule has 0 aromatic rings. The zero-order chi connectivity index (χ0) is 13.4. The maximum absolute atomic E-state index is 11.6. The molecule has 0 aliphatic carbocycles. The Morgan fingerprint density at radius 3 is 2.24 bits per heavy atom. The number of hydrogen-bond acceptors (Lipinski definition) is 4. The van der Waals surface area contributed by atoms with E-state index < -0.39 is 9.84 Å². The topological polar surface area (TPSA) is 63.4 Å². The van der Waals surface area contributed by atoms with E-state index in [2.05, 4.69) is 25.7 Å². The third-order valence-electron chi connectivity index (χ3n) is 3.46. The molecule has 0 spiro atoms. The van der Waals surface area contributed by atoms with Crippen molar-refractivity contribution < 1.29 is 8.42 Å². The van der Waals surface area contributed by atoms with Gasteiger partial charge in [-0.25, -0.2) is 8.42 Å². The number of nitrogens with two attached hydrogens (primary N) is 1.